The van der Waals surface area contributed by atoms with Crippen molar-refractivity contribution in [1.29, 1.82) is 0 Å². The Hall–Kier alpha value is 0.350. The second-order valence-corrected chi connectivity index (χ2v) is 3.63. The van der Waals surface area contributed by atoms with Crippen LogP contribution < -0.4 is 0 Å². The van der Waals surface area contributed by atoms with Gasteiger partial charge in [0.15, 0.2) is 0 Å². The Kier molecular flexibility index (Phi) is 4.27. The Balaban J connectivity index is 1.91. The van der Waals surface area contributed by atoms with Crippen molar-refractivity contribution in [2.45, 2.75) is 13.3 Å². The van der Waals surface area contributed by atoms with E-state index in [0.29, 0.717) is 0 Å². The summed E-state index contributed by atoms with van der Waals surface area (Å²) in [5.74, 6) is 3.97. The molecule has 0 amide bonds. The highest BCUT2D eigenvalue weighted by Crippen LogP contribution is 2.27. The van der Waals surface area contributed by atoms with Crippen molar-refractivity contribution >= 4 is 11.8 Å². The third kappa shape index (κ3) is 2.96. The molecule has 0 spiro atoms. The van der Waals surface area contributed by atoms with Gasteiger partial charge in [0.05, 0.1) is 0 Å². The molecule has 0 heterocycles. The van der Waals surface area contributed by atoms with Crippen molar-refractivity contribution < 1.29 is 0 Å². The van der Waals surface area contributed by atoms with Crippen molar-refractivity contribution in [3.8, 4) is 0 Å². The summed E-state index contributed by atoms with van der Waals surface area (Å²) in [5, 5.41) is 0. The molecule has 0 aromatic carbocycles. The summed E-state index contributed by atoms with van der Waals surface area (Å²) in [5.41, 5.74) is 0. The van der Waals surface area contributed by atoms with Crippen molar-refractivity contribution in [3.05, 3.63) is 31.6 Å². The van der Waals surface area contributed by atoms with E-state index in [1.807, 2.05) is 11.8 Å². The average Bonchev–Trinajstić information content (AvgIpc) is 2.41. The van der Waals surface area contributed by atoms with E-state index in [2.05, 4.69) is 32.6 Å². The van der Waals surface area contributed by atoms with E-state index in [9.17, 15) is 0 Å². The van der Waals surface area contributed by atoms with E-state index in [1.54, 1.807) is 0 Å². The highest BCUT2D eigenvalue weighted by molar-refractivity contribution is 7.99. The summed E-state index contributed by atoms with van der Waals surface area (Å²) in [4.78, 5) is 0. The van der Waals surface area contributed by atoms with Gasteiger partial charge in [-0.25, -0.2) is 0 Å². The smallest absolute Gasteiger partial charge is 0.00619 e. The minimum Gasteiger partial charge on any atom is -0.162 e. The lowest BCUT2D eigenvalue weighted by Gasteiger charge is -2.04. The third-order valence-corrected chi connectivity index (χ3v) is 2.37. The van der Waals surface area contributed by atoms with Crippen LogP contribution in [0.1, 0.15) is 13.3 Å². The molecule has 55 valence electrons. The van der Waals surface area contributed by atoms with Crippen LogP contribution in [0.15, 0.2) is 0 Å². The Morgan fingerprint density at radius 3 is 2.60 bits per heavy atom. The molecule has 1 fully saturated rings. The monoisotopic (exact) mass is 153 g/mol. The van der Waals surface area contributed by atoms with E-state index in [4.69, 9.17) is 0 Å². The summed E-state index contributed by atoms with van der Waals surface area (Å²) in [6.45, 7) is 2.20. The van der Waals surface area contributed by atoms with E-state index in [0.717, 1.165) is 0 Å². The number of hydrogen-bond acceptors (Lipinski definition) is 1. The van der Waals surface area contributed by atoms with Crippen LogP contribution in [0.3, 0.4) is 0 Å². The Morgan fingerprint density at radius 2 is 2.00 bits per heavy atom. The van der Waals surface area contributed by atoms with E-state index in [-0.39, 0.29) is 0 Å². The maximum Gasteiger partial charge on any atom is -0.00619 e. The zero-order chi connectivity index (χ0) is 7.23. The fourth-order valence-corrected chi connectivity index (χ4v) is 1.58. The molecule has 10 heavy (non-hydrogen) atoms. The molecule has 1 aliphatic rings. The topological polar surface area (TPSA) is 0 Å². The first-order valence-electron chi connectivity index (χ1n) is 3.72. The second-order valence-electron chi connectivity index (χ2n) is 2.24. The van der Waals surface area contributed by atoms with Crippen molar-refractivity contribution in [3.63, 3.8) is 0 Å². The highest BCUT2D eigenvalue weighted by Gasteiger charge is 2.15. The van der Waals surface area contributed by atoms with Gasteiger partial charge in [0.25, 0.3) is 0 Å². The summed E-state index contributed by atoms with van der Waals surface area (Å²) < 4.78 is 0. The Morgan fingerprint density at radius 1 is 1.30 bits per heavy atom. The van der Waals surface area contributed by atoms with Gasteiger partial charge in [0.2, 0.25) is 0 Å². The molecule has 1 saturated carbocycles. The molecule has 0 aliphatic heterocycles. The molecule has 5 radical (unpaired) electrons. The predicted octanol–water partition coefficient (Wildman–Crippen LogP) is 2.53. The molecule has 0 saturated heterocycles. The largest absolute Gasteiger partial charge is 0.162 e. The molecule has 0 nitrogen and oxygen atoms in total. The van der Waals surface area contributed by atoms with Crippen LogP contribution in [-0.4, -0.2) is 11.5 Å². The normalized spacial score (nSPS) is 20.1. The minimum absolute atomic E-state index is 1.23. The molecule has 1 aliphatic carbocycles. The highest BCUT2D eigenvalue weighted by atomic mass is 32.2. The fraction of sp³-hybridized carbons (Fsp3) is 0.444. The summed E-state index contributed by atoms with van der Waals surface area (Å²) in [7, 11) is 0. The van der Waals surface area contributed by atoms with Crippen molar-refractivity contribution in [2.75, 3.05) is 11.5 Å². The number of thioether (sulfide) groups is 1. The average molecular weight is 153 g/mol. The van der Waals surface area contributed by atoms with Crippen LogP contribution in [0.2, 0.25) is 0 Å². The molecule has 0 aromatic heterocycles. The van der Waals surface area contributed by atoms with E-state index < -0.39 is 0 Å². The zero-order valence-corrected chi connectivity index (χ0v) is 7.16. The summed E-state index contributed by atoms with van der Waals surface area (Å²) in [6.07, 6.45) is 9.82. The fourth-order valence-electron chi connectivity index (χ4n) is 0.915. The number of rotatable bonds is 4. The molecular formula is C9H13S. The lowest BCUT2D eigenvalue weighted by molar-refractivity contribution is 1.02. The van der Waals surface area contributed by atoms with Crippen molar-refractivity contribution in [2.24, 2.45) is 0 Å². The lowest BCUT2D eigenvalue weighted by Crippen LogP contribution is -1.93. The first-order chi connectivity index (χ1) is 4.93. The van der Waals surface area contributed by atoms with E-state index >= 15 is 0 Å². The third-order valence-electron chi connectivity index (χ3n) is 1.47. The molecule has 0 atom stereocenters. The summed E-state index contributed by atoms with van der Waals surface area (Å²) >= 11 is 2.01. The van der Waals surface area contributed by atoms with Gasteiger partial charge in [-0.05, 0) is 49.5 Å². The predicted molar refractivity (Wildman–Crippen MR) is 48.1 cm³/mol. The van der Waals surface area contributed by atoms with Gasteiger partial charge < -0.3 is 0 Å². The minimum atomic E-state index is 1.23. The number of hydrogen-bond donors (Lipinski definition) is 0. The van der Waals surface area contributed by atoms with Crippen LogP contribution >= 0.6 is 11.8 Å². The van der Waals surface area contributed by atoms with Crippen LogP contribution in [0, 0.1) is 31.6 Å². The van der Waals surface area contributed by atoms with Crippen LogP contribution in [0.5, 0.6) is 0 Å². The molecular weight excluding hydrogens is 140 g/mol. The maximum absolute atomic E-state index is 2.20. The van der Waals surface area contributed by atoms with Crippen LogP contribution in [0.25, 0.3) is 0 Å². The van der Waals surface area contributed by atoms with Gasteiger partial charge in [0, 0.05) is 0 Å². The molecule has 0 bridgehead atoms. The van der Waals surface area contributed by atoms with Gasteiger partial charge in [-0.1, -0.05) is 6.92 Å². The van der Waals surface area contributed by atoms with Crippen molar-refractivity contribution in [1.82, 2.24) is 0 Å². The quantitative estimate of drug-likeness (QED) is 0.559. The van der Waals surface area contributed by atoms with Gasteiger partial charge in [-0.3, -0.25) is 0 Å². The Labute approximate surface area is 68.8 Å². The maximum atomic E-state index is 2.20. The molecule has 1 rings (SSSR count). The first kappa shape index (κ1) is 8.45. The van der Waals surface area contributed by atoms with Gasteiger partial charge >= 0.3 is 0 Å². The molecule has 0 aromatic rings. The zero-order valence-electron chi connectivity index (χ0n) is 6.34. The second kappa shape index (κ2) is 5.06. The van der Waals surface area contributed by atoms with E-state index in [1.165, 1.54) is 23.8 Å². The lowest BCUT2D eigenvalue weighted by atomic mass is 10.1. The van der Waals surface area contributed by atoms with Gasteiger partial charge in [-0.15, -0.1) is 0 Å². The SMILES string of the molecule is CCSCC[C]1[CH][CH][CH][CH]1. The summed E-state index contributed by atoms with van der Waals surface area (Å²) in [6, 6.07) is 0. The van der Waals surface area contributed by atoms with Gasteiger partial charge in [-0.2, -0.15) is 11.8 Å². The Bertz CT molecular complexity index is 74.8. The molecule has 0 unspecified atom stereocenters. The molecule has 1 heteroatoms. The van der Waals surface area contributed by atoms with Crippen LogP contribution in [0.4, 0.5) is 0 Å². The van der Waals surface area contributed by atoms with Crippen LogP contribution in [-0.2, 0) is 0 Å². The molecule has 0 N–H and O–H groups in total. The standard InChI is InChI=1S/C9H13S/c1-2-10-8-7-9-5-3-4-6-9/h3-6H,2,7-8H2,1H3. The van der Waals surface area contributed by atoms with Gasteiger partial charge in [0.1, 0.15) is 0 Å². The first-order valence-corrected chi connectivity index (χ1v) is 4.87.